The monoisotopic (exact) mass is 390 g/mol. The quantitative estimate of drug-likeness (QED) is 0.726. The van der Waals surface area contributed by atoms with Crippen LogP contribution in [0.3, 0.4) is 0 Å². The third-order valence-electron chi connectivity index (χ3n) is 5.54. The van der Waals surface area contributed by atoms with Crippen molar-refractivity contribution in [2.24, 2.45) is 0 Å². The molecule has 0 aliphatic carbocycles. The molecular formula is C21H22N6O2. The van der Waals surface area contributed by atoms with Crippen molar-refractivity contribution in [3.8, 4) is 5.88 Å². The smallest absolute Gasteiger partial charge is 0.261 e. The second-order valence-electron chi connectivity index (χ2n) is 7.36. The van der Waals surface area contributed by atoms with E-state index in [2.05, 4.69) is 20.3 Å². The molecule has 3 aromatic rings. The molecule has 1 N–H and O–H groups in total. The first-order chi connectivity index (χ1) is 14.3. The van der Waals surface area contributed by atoms with Crippen LogP contribution in [0.4, 0.5) is 0 Å². The summed E-state index contributed by atoms with van der Waals surface area (Å²) < 4.78 is 5.78. The fraction of sp³-hybridized carbons (Fsp3) is 0.381. The topological polar surface area (TPSA) is 93.1 Å². The third kappa shape index (κ3) is 3.51. The van der Waals surface area contributed by atoms with Crippen LogP contribution in [0, 0.1) is 0 Å². The van der Waals surface area contributed by atoms with Crippen LogP contribution in [0.2, 0.25) is 0 Å². The summed E-state index contributed by atoms with van der Waals surface area (Å²) in [7, 11) is 0. The van der Waals surface area contributed by atoms with E-state index in [1.165, 1.54) is 6.33 Å². The molecule has 2 aliphatic rings. The summed E-state index contributed by atoms with van der Waals surface area (Å²) >= 11 is 0. The van der Waals surface area contributed by atoms with Crippen LogP contribution in [0.5, 0.6) is 5.88 Å². The van der Waals surface area contributed by atoms with Crippen LogP contribution in [-0.4, -0.2) is 50.4 Å². The van der Waals surface area contributed by atoms with E-state index in [0.717, 1.165) is 60.3 Å². The zero-order chi connectivity index (χ0) is 19.6. The van der Waals surface area contributed by atoms with Crippen molar-refractivity contribution in [2.75, 3.05) is 19.7 Å². The number of para-hydroxylation sites is 1. The molecule has 148 valence electrons. The molecule has 1 amide bonds. The summed E-state index contributed by atoms with van der Waals surface area (Å²) in [6.07, 6.45) is 6.06. The lowest BCUT2D eigenvalue weighted by Crippen LogP contribution is -2.35. The molecule has 29 heavy (non-hydrogen) atoms. The van der Waals surface area contributed by atoms with Gasteiger partial charge >= 0.3 is 0 Å². The van der Waals surface area contributed by atoms with E-state index in [9.17, 15) is 4.79 Å². The Morgan fingerprint density at radius 1 is 1.24 bits per heavy atom. The molecule has 8 nitrogen and oxygen atoms in total. The number of nitrogens with one attached hydrogen (secondary N) is 1. The van der Waals surface area contributed by atoms with Crippen LogP contribution in [-0.2, 0) is 17.8 Å². The molecule has 0 radical (unpaired) electrons. The number of nitrogens with zero attached hydrogens (tertiary/aromatic N) is 5. The molecule has 0 spiro atoms. The zero-order valence-corrected chi connectivity index (χ0v) is 16.0. The second kappa shape index (κ2) is 7.71. The van der Waals surface area contributed by atoms with Crippen molar-refractivity contribution in [1.29, 1.82) is 0 Å². The normalized spacial score (nSPS) is 18.6. The van der Waals surface area contributed by atoms with Gasteiger partial charge in [0.25, 0.3) is 5.91 Å². The van der Waals surface area contributed by atoms with E-state index >= 15 is 0 Å². The predicted molar refractivity (Wildman–Crippen MR) is 106 cm³/mol. The minimum Gasteiger partial charge on any atom is -0.467 e. The highest BCUT2D eigenvalue weighted by molar-refractivity contribution is 5.84. The average Bonchev–Trinajstić information content (AvgIpc) is 3.27. The van der Waals surface area contributed by atoms with Gasteiger partial charge in [0, 0.05) is 43.5 Å². The van der Waals surface area contributed by atoms with E-state index in [-0.39, 0.29) is 18.6 Å². The summed E-state index contributed by atoms with van der Waals surface area (Å²) in [5.74, 6) is 1.10. The van der Waals surface area contributed by atoms with Crippen LogP contribution in [0.25, 0.3) is 10.9 Å². The Kier molecular flexibility index (Phi) is 4.77. The Balaban J connectivity index is 1.31. The summed E-state index contributed by atoms with van der Waals surface area (Å²) in [6.45, 7) is 2.37. The first kappa shape index (κ1) is 17.9. The zero-order valence-electron chi connectivity index (χ0n) is 16.0. The van der Waals surface area contributed by atoms with Crippen molar-refractivity contribution in [3.05, 3.63) is 53.9 Å². The number of carbonyl (C=O) groups is 1. The van der Waals surface area contributed by atoms with E-state index in [1.54, 1.807) is 0 Å². The maximum absolute atomic E-state index is 12.9. The minimum absolute atomic E-state index is 0.0631. The van der Waals surface area contributed by atoms with Crippen molar-refractivity contribution in [1.82, 2.24) is 30.2 Å². The molecule has 0 bridgehead atoms. The van der Waals surface area contributed by atoms with E-state index in [1.807, 2.05) is 35.4 Å². The van der Waals surface area contributed by atoms with Crippen LogP contribution in [0.1, 0.15) is 36.0 Å². The maximum atomic E-state index is 12.9. The van der Waals surface area contributed by atoms with Crippen molar-refractivity contribution >= 4 is 16.8 Å². The van der Waals surface area contributed by atoms with Crippen LogP contribution in [0.15, 0.2) is 36.8 Å². The first-order valence-corrected chi connectivity index (χ1v) is 9.97. The number of amides is 1. The third-order valence-corrected chi connectivity index (χ3v) is 5.54. The van der Waals surface area contributed by atoms with Gasteiger partial charge in [-0.3, -0.25) is 4.79 Å². The first-order valence-electron chi connectivity index (χ1n) is 9.97. The van der Waals surface area contributed by atoms with E-state index in [0.29, 0.717) is 12.4 Å². The molecule has 1 atom stereocenters. The lowest BCUT2D eigenvalue weighted by molar-refractivity contribution is -0.134. The fourth-order valence-corrected chi connectivity index (χ4v) is 4.05. The number of hydrogen-bond donors (Lipinski definition) is 1. The Bertz CT molecular complexity index is 1050. The predicted octanol–water partition coefficient (Wildman–Crippen LogP) is 1.81. The van der Waals surface area contributed by atoms with Crippen LogP contribution >= 0.6 is 0 Å². The summed E-state index contributed by atoms with van der Waals surface area (Å²) in [5, 5.41) is 4.13. The van der Waals surface area contributed by atoms with Gasteiger partial charge in [0.05, 0.1) is 16.9 Å². The van der Waals surface area contributed by atoms with E-state index < -0.39 is 0 Å². The molecule has 1 fully saturated rings. The number of rotatable bonds is 4. The molecule has 2 aromatic heterocycles. The van der Waals surface area contributed by atoms with Gasteiger partial charge in [-0.25, -0.2) is 19.9 Å². The van der Waals surface area contributed by atoms with Gasteiger partial charge in [0.2, 0.25) is 5.88 Å². The Labute approximate surface area is 168 Å². The summed E-state index contributed by atoms with van der Waals surface area (Å²) in [6, 6.07) is 7.51. The van der Waals surface area contributed by atoms with Crippen molar-refractivity contribution in [2.45, 2.75) is 31.8 Å². The van der Waals surface area contributed by atoms with Crippen molar-refractivity contribution < 1.29 is 9.53 Å². The van der Waals surface area contributed by atoms with Gasteiger partial charge in [-0.05, 0) is 25.0 Å². The Morgan fingerprint density at radius 3 is 3.14 bits per heavy atom. The number of aromatic nitrogens is 4. The molecule has 5 rings (SSSR count). The fourth-order valence-electron chi connectivity index (χ4n) is 4.05. The largest absolute Gasteiger partial charge is 0.467 e. The van der Waals surface area contributed by atoms with Gasteiger partial charge < -0.3 is 15.0 Å². The van der Waals surface area contributed by atoms with Crippen LogP contribution < -0.4 is 10.1 Å². The Hall–Kier alpha value is -3.13. The minimum atomic E-state index is -0.0894. The Morgan fingerprint density at radius 2 is 2.17 bits per heavy atom. The number of likely N-dealkylation sites (tertiary alicyclic amines) is 1. The van der Waals surface area contributed by atoms with Gasteiger partial charge in [-0.1, -0.05) is 12.1 Å². The molecule has 1 aromatic carbocycles. The number of fused-ring (bicyclic) bond motifs is 2. The highest BCUT2D eigenvalue weighted by Gasteiger charge is 2.32. The second-order valence-corrected chi connectivity index (χ2v) is 7.36. The van der Waals surface area contributed by atoms with Gasteiger partial charge in [-0.2, -0.15) is 0 Å². The molecule has 1 saturated heterocycles. The standard InChI is InChI=1S/C21H22N6O2/c28-19(12-29-21-15-4-1-2-5-17(15)24-13-25-21)27-9-3-6-18(27)20-23-11-14-10-22-8-7-16(14)26-20/h1-2,4-5,11,13,18,22H,3,6-10,12H2/t18-/m0/s1. The van der Waals surface area contributed by atoms with Crippen molar-refractivity contribution in [3.63, 3.8) is 0 Å². The molecule has 0 saturated carbocycles. The molecule has 2 aliphatic heterocycles. The van der Waals surface area contributed by atoms with Gasteiger partial charge in [0.15, 0.2) is 12.4 Å². The highest BCUT2D eigenvalue weighted by Crippen LogP contribution is 2.31. The molecule has 4 heterocycles. The molecule has 8 heteroatoms. The maximum Gasteiger partial charge on any atom is 0.261 e. The van der Waals surface area contributed by atoms with Gasteiger partial charge in [0.1, 0.15) is 6.33 Å². The lowest BCUT2D eigenvalue weighted by atomic mass is 10.1. The molecule has 0 unspecified atom stereocenters. The number of benzene rings is 1. The van der Waals surface area contributed by atoms with Gasteiger partial charge in [-0.15, -0.1) is 0 Å². The molecular weight excluding hydrogens is 368 g/mol. The number of hydrogen-bond acceptors (Lipinski definition) is 7. The average molecular weight is 390 g/mol. The summed E-state index contributed by atoms with van der Waals surface area (Å²) in [4.78, 5) is 32.5. The number of carbonyl (C=O) groups excluding carboxylic acids is 1. The summed E-state index contributed by atoms with van der Waals surface area (Å²) in [5.41, 5.74) is 3.03. The highest BCUT2D eigenvalue weighted by atomic mass is 16.5. The van der Waals surface area contributed by atoms with E-state index in [4.69, 9.17) is 9.72 Å². The SMILES string of the molecule is O=C(COc1ncnc2ccccc12)N1CCC[C@H]1c1ncc2c(n1)CCNC2. The number of ether oxygens (including phenoxy) is 1. The lowest BCUT2D eigenvalue weighted by Gasteiger charge is -2.25.